The van der Waals surface area contributed by atoms with Gasteiger partial charge in [-0.05, 0) is 50.5 Å². The molecule has 0 saturated heterocycles. The van der Waals surface area contributed by atoms with Crippen LogP contribution in [0.1, 0.15) is 22.3 Å². The highest BCUT2D eigenvalue weighted by Gasteiger charge is 2.33. The number of likely N-dealkylation sites (N-methyl/N-ethyl adjacent to an activating group) is 1. The number of hydrogen-bond acceptors (Lipinski definition) is 3. The molecule has 0 fully saturated rings. The summed E-state index contributed by atoms with van der Waals surface area (Å²) in [5.41, 5.74) is 3.72. The Morgan fingerprint density at radius 3 is 2.16 bits per heavy atom. The van der Waals surface area contributed by atoms with Crippen LogP contribution in [0.25, 0.3) is 0 Å². The largest absolute Gasteiger partial charge is 0.480 e. The van der Waals surface area contributed by atoms with E-state index in [9.17, 15) is 18.3 Å². The van der Waals surface area contributed by atoms with Gasteiger partial charge in [-0.15, -0.1) is 0 Å². The Balaban J connectivity index is 2.37. The molecule has 0 aliphatic rings. The first-order valence-electron chi connectivity index (χ1n) is 7.96. The van der Waals surface area contributed by atoms with E-state index in [-0.39, 0.29) is 11.3 Å². The first-order chi connectivity index (χ1) is 11.6. The van der Waals surface area contributed by atoms with Gasteiger partial charge in [-0.3, -0.25) is 4.79 Å². The molecular weight excluding hydrogens is 338 g/mol. The van der Waals surface area contributed by atoms with E-state index >= 15 is 0 Å². The summed E-state index contributed by atoms with van der Waals surface area (Å²) >= 11 is 0. The minimum atomic E-state index is -3.89. The Bertz CT molecular complexity index is 873. The molecule has 0 unspecified atom stereocenters. The molecule has 25 heavy (non-hydrogen) atoms. The van der Waals surface area contributed by atoms with Crippen molar-refractivity contribution in [3.05, 3.63) is 64.7 Å². The molecule has 0 amide bonds. The van der Waals surface area contributed by atoms with Gasteiger partial charge in [-0.25, -0.2) is 8.42 Å². The summed E-state index contributed by atoms with van der Waals surface area (Å²) in [6.07, 6.45) is 0.116. The van der Waals surface area contributed by atoms with Crippen LogP contribution in [0.5, 0.6) is 0 Å². The van der Waals surface area contributed by atoms with Crippen molar-refractivity contribution in [2.75, 3.05) is 7.05 Å². The SMILES string of the molecule is Cc1ccc(S(=O)(=O)N(C)[C@H](Cc2cc(C)ccc2C)C(=O)O)cc1. The fourth-order valence-corrected chi connectivity index (χ4v) is 3.96. The van der Waals surface area contributed by atoms with Crippen molar-refractivity contribution in [3.8, 4) is 0 Å². The monoisotopic (exact) mass is 361 g/mol. The van der Waals surface area contributed by atoms with Crippen molar-refractivity contribution in [2.24, 2.45) is 0 Å². The highest BCUT2D eigenvalue weighted by atomic mass is 32.2. The van der Waals surface area contributed by atoms with Gasteiger partial charge in [-0.1, -0.05) is 41.5 Å². The first kappa shape index (κ1) is 19.1. The topological polar surface area (TPSA) is 74.7 Å². The smallest absolute Gasteiger partial charge is 0.322 e. The molecule has 0 radical (unpaired) electrons. The zero-order chi connectivity index (χ0) is 18.8. The maximum atomic E-state index is 12.8. The molecule has 6 heteroatoms. The van der Waals surface area contributed by atoms with Crippen molar-refractivity contribution < 1.29 is 18.3 Å². The molecule has 0 saturated carbocycles. The Labute approximate surface area is 149 Å². The van der Waals surface area contributed by atoms with E-state index < -0.39 is 22.0 Å². The molecule has 0 spiro atoms. The van der Waals surface area contributed by atoms with Gasteiger partial charge < -0.3 is 5.11 Å². The molecule has 0 aliphatic carbocycles. The summed E-state index contributed by atoms with van der Waals surface area (Å²) in [4.78, 5) is 11.9. The van der Waals surface area contributed by atoms with E-state index in [1.807, 2.05) is 39.0 Å². The number of hydrogen-bond donors (Lipinski definition) is 1. The third kappa shape index (κ3) is 4.27. The van der Waals surface area contributed by atoms with Crippen LogP contribution in [0, 0.1) is 20.8 Å². The molecule has 2 rings (SSSR count). The van der Waals surface area contributed by atoms with Gasteiger partial charge in [0.2, 0.25) is 10.0 Å². The number of carbonyl (C=O) groups is 1. The van der Waals surface area contributed by atoms with E-state index in [4.69, 9.17) is 0 Å². The Kier molecular flexibility index (Phi) is 5.65. The number of benzene rings is 2. The molecule has 134 valence electrons. The van der Waals surface area contributed by atoms with Crippen LogP contribution in [0.2, 0.25) is 0 Å². The third-order valence-corrected chi connectivity index (χ3v) is 6.22. The van der Waals surface area contributed by atoms with Gasteiger partial charge in [0.05, 0.1) is 4.90 Å². The van der Waals surface area contributed by atoms with Gasteiger partial charge in [0.1, 0.15) is 6.04 Å². The van der Waals surface area contributed by atoms with Crippen molar-refractivity contribution in [3.63, 3.8) is 0 Å². The molecule has 0 heterocycles. The average Bonchev–Trinajstić information content (AvgIpc) is 2.55. The van der Waals surface area contributed by atoms with Crippen LogP contribution < -0.4 is 0 Å². The number of carboxylic acids is 1. The molecule has 0 aliphatic heterocycles. The second kappa shape index (κ2) is 7.37. The molecule has 0 aromatic heterocycles. The number of rotatable bonds is 6. The van der Waals surface area contributed by atoms with Gasteiger partial charge in [-0.2, -0.15) is 4.31 Å². The fourth-order valence-electron chi connectivity index (χ4n) is 2.64. The molecule has 0 bridgehead atoms. The van der Waals surface area contributed by atoms with E-state index in [1.54, 1.807) is 12.1 Å². The van der Waals surface area contributed by atoms with Crippen molar-refractivity contribution in [1.82, 2.24) is 4.31 Å². The van der Waals surface area contributed by atoms with Gasteiger partial charge in [0.15, 0.2) is 0 Å². The second-order valence-corrected chi connectivity index (χ2v) is 8.32. The minimum Gasteiger partial charge on any atom is -0.480 e. The van der Waals surface area contributed by atoms with Crippen LogP contribution in [0.3, 0.4) is 0 Å². The van der Waals surface area contributed by atoms with Crippen molar-refractivity contribution in [2.45, 2.75) is 38.1 Å². The molecule has 5 nitrogen and oxygen atoms in total. The lowest BCUT2D eigenvalue weighted by atomic mass is 9.99. The molecule has 2 aromatic carbocycles. The molecule has 1 N–H and O–H groups in total. The predicted octanol–water partition coefficient (Wildman–Crippen LogP) is 2.93. The maximum absolute atomic E-state index is 12.8. The highest BCUT2D eigenvalue weighted by Crippen LogP contribution is 2.21. The summed E-state index contributed by atoms with van der Waals surface area (Å²) < 4.78 is 26.5. The van der Waals surface area contributed by atoms with Gasteiger partial charge in [0, 0.05) is 7.05 Å². The average molecular weight is 361 g/mol. The minimum absolute atomic E-state index is 0.0906. The van der Waals surface area contributed by atoms with Gasteiger partial charge in [0.25, 0.3) is 0 Å². The molecular formula is C19H23NO4S. The van der Waals surface area contributed by atoms with Crippen molar-refractivity contribution in [1.29, 1.82) is 0 Å². The standard InChI is InChI=1S/C19H23NO4S/c1-13-6-9-17(10-7-13)25(23,24)20(4)18(19(21)22)12-16-11-14(2)5-8-15(16)3/h5-11,18H,12H2,1-4H3,(H,21,22)/t18-/m1/s1. The Morgan fingerprint density at radius 1 is 1.04 bits per heavy atom. The van der Waals surface area contributed by atoms with E-state index in [1.165, 1.54) is 19.2 Å². The number of sulfonamides is 1. The third-order valence-electron chi connectivity index (χ3n) is 4.34. The summed E-state index contributed by atoms with van der Waals surface area (Å²) in [7, 11) is -2.57. The van der Waals surface area contributed by atoms with E-state index in [2.05, 4.69) is 0 Å². The van der Waals surface area contributed by atoms with Crippen LogP contribution in [-0.2, 0) is 21.2 Å². The number of carboxylic acid groups (broad SMARTS) is 1. The normalized spacial score (nSPS) is 13.0. The fraction of sp³-hybridized carbons (Fsp3) is 0.316. The lowest BCUT2D eigenvalue weighted by Crippen LogP contribution is -2.43. The lowest BCUT2D eigenvalue weighted by Gasteiger charge is -2.25. The maximum Gasteiger partial charge on any atom is 0.322 e. The predicted molar refractivity (Wildman–Crippen MR) is 97.2 cm³/mol. The summed E-state index contributed by atoms with van der Waals surface area (Å²) in [6.45, 7) is 5.67. The highest BCUT2D eigenvalue weighted by molar-refractivity contribution is 7.89. The van der Waals surface area contributed by atoms with Crippen LogP contribution in [0.15, 0.2) is 47.4 Å². The first-order valence-corrected chi connectivity index (χ1v) is 9.40. The lowest BCUT2D eigenvalue weighted by molar-refractivity contribution is -0.141. The van der Waals surface area contributed by atoms with Crippen LogP contribution in [0.4, 0.5) is 0 Å². The summed E-state index contributed by atoms with van der Waals surface area (Å²) in [5.74, 6) is -1.17. The van der Waals surface area contributed by atoms with Crippen molar-refractivity contribution >= 4 is 16.0 Å². The second-order valence-electron chi connectivity index (χ2n) is 6.32. The molecule has 2 aromatic rings. The van der Waals surface area contributed by atoms with E-state index in [0.29, 0.717) is 0 Å². The van der Waals surface area contributed by atoms with Crippen LogP contribution in [-0.4, -0.2) is 36.9 Å². The summed E-state index contributed by atoms with van der Waals surface area (Å²) in [6, 6.07) is 11.0. The van der Waals surface area contributed by atoms with E-state index in [0.717, 1.165) is 26.6 Å². The number of nitrogens with zero attached hydrogens (tertiary/aromatic N) is 1. The van der Waals surface area contributed by atoms with Gasteiger partial charge >= 0.3 is 5.97 Å². The number of aliphatic carboxylic acids is 1. The quantitative estimate of drug-likeness (QED) is 0.858. The summed E-state index contributed by atoms with van der Waals surface area (Å²) in [5, 5.41) is 9.61. The number of aryl methyl sites for hydroxylation is 3. The zero-order valence-electron chi connectivity index (χ0n) is 14.9. The van der Waals surface area contributed by atoms with Crippen LogP contribution >= 0.6 is 0 Å². The Morgan fingerprint density at radius 2 is 1.60 bits per heavy atom. The zero-order valence-corrected chi connectivity index (χ0v) is 15.7. The Hall–Kier alpha value is -2.18. The molecule has 1 atom stereocenters.